The fourth-order valence-electron chi connectivity index (χ4n) is 3.01. The number of amides is 1. The first kappa shape index (κ1) is 17.7. The van der Waals surface area contributed by atoms with Gasteiger partial charge in [-0.2, -0.15) is 0 Å². The third-order valence-corrected chi connectivity index (χ3v) is 4.26. The molecule has 1 aromatic carbocycles. The Morgan fingerprint density at radius 1 is 1.26 bits per heavy atom. The van der Waals surface area contributed by atoms with Crippen LogP contribution in [0.25, 0.3) is 0 Å². The number of piperidine rings is 1. The highest BCUT2D eigenvalue weighted by Crippen LogP contribution is 2.20. The minimum Gasteiger partial charge on any atom is -0.396 e. The van der Waals surface area contributed by atoms with Gasteiger partial charge >= 0.3 is 0 Å². The van der Waals surface area contributed by atoms with Crippen molar-refractivity contribution in [3.8, 4) is 0 Å². The Bertz CT molecular complexity index is 501. The standard InChI is InChI=1S/C19H27NO3/c21-14-5-4-13-20-17(9-6-10-19(20)23)11-12-18(22)15-16-7-2-1-3-8-16/h1-3,7-8,11-12,17-18,21-22H,4-6,9-10,13-15H2/b12-11+/t17?,18-/m0/s1. The molecule has 0 bridgehead atoms. The highest BCUT2D eigenvalue weighted by molar-refractivity contribution is 5.77. The molecule has 1 unspecified atom stereocenters. The van der Waals surface area contributed by atoms with Gasteiger partial charge in [-0.05, 0) is 31.2 Å². The van der Waals surface area contributed by atoms with Crippen LogP contribution in [0.1, 0.15) is 37.7 Å². The van der Waals surface area contributed by atoms with Crippen molar-refractivity contribution in [2.24, 2.45) is 0 Å². The van der Waals surface area contributed by atoms with E-state index in [1.54, 1.807) is 0 Å². The average Bonchev–Trinajstić information content (AvgIpc) is 2.56. The maximum Gasteiger partial charge on any atom is 0.223 e. The molecule has 2 atom stereocenters. The van der Waals surface area contributed by atoms with Crippen molar-refractivity contribution in [1.82, 2.24) is 4.90 Å². The summed E-state index contributed by atoms with van der Waals surface area (Å²) in [5.74, 6) is 0.182. The van der Waals surface area contributed by atoms with E-state index in [0.29, 0.717) is 19.4 Å². The molecule has 0 spiro atoms. The van der Waals surface area contributed by atoms with E-state index >= 15 is 0 Å². The van der Waals surface area contributed by atoms with E-state index < -0.39 is 6.10 Å². The SMILES string of the molecule is O=C1CCCC(/C=C/[C@H](O)Cc2ccccc2)N1CCCCO. The number of unbranched alkanes of at least 4 members (excludes halogenated alkanes) is 1. The monoisotopic (exact) mass is 317 g/mol. The number of benzene rings is 1. The first-order chi connectivity index (χ1) is 11.2. The van der Waals surface area contributed by atoms with Crippen LogP contribution in [-0.4, -0.2) is 46.3 Å². The predicted molar refractivity (Wildman–Crippen MR) is 91.0 cm³/mol. The number of carbonyl (C=O) groups is 1. The Morgan fingerprint density at radius 2 is 2.04 bits per heavy atom. The van der Waals surface area contributed by atoms with Crippen molar-refractivity contribution in [3.63, 3.8) is 0 Å². The molecule has 0 radical (unpaired) electrons. The minimum atomic E-state index is -0.534. The van der Waals surface area contributed by atoms with Crippen molar-refractivity contribution in [2.45, 2.75) is 50.7 Å². The van der Waals surface area contributed by atoms with E-state index in [0.717, 1.165) is 31.2 Å². The molecule has 2 N–H and O–H groups in total. The largest absolute Gasteiger partial charge is 0.396 e. The zero-order valence-corrected chi connectivity index (χ0v) is 13.6. The van der Waals surface area contributed by atoms with Gasteiger partial charge in [0.25, 0.3) is 0 Å². The van der Waals surface area contributed by atoms with Crippen molar-refractivity contribution in [2.75, 3.05) is 13.2 Å². The molecule has 1 aliphatic heterocycles. The number of rotatable bonds is 8. The smallest absolute Gasteiger partial charge is 0.223 e. The van der Waals surface area contributed by atoms with Gasteiger partial charge in [-0.1, -0.05) is 42.5 Å². The lowest BCUT2D eigenvalue weighted by Crippen LogP contribution is -2.43. The number of likely N-dealkylation sites (tertiary alicyclic amines) is 1. The minimum absolute atomic E-state index is 0.0698. The van der Waals surface area contributed by atoms with Gasteiger partial charge in [0, 0.05) is 26.0 Å². The molecule has 0 aromatic heterocycles. The molecule has 1 amide bonds. The van der Waals surface area contributed by atoms with Crippen LogP contribution >= 0.6 is 0 Å². The van der Waals surface area contributed by atoms with Gasteiger partial charge in [0.15, 0.2) is 0 Å². The van der Waals surface area contributed by atoms with Crippen LogP contribution in [0.3, 0.4) is 0 Å². The molecule has 0 aliphatic carbocycles. The van der Waals surface area contributed by atoms with Crippen LogP contribution in [0.2, 0.25) is 0 Å². The molecule has 23 heavy (non-hydrogen) atoms. The van der Waals surface area contributed by atoms with Crippen LogP contribution < -0.4 is 0 Å². The molecule has 1 aromatic rings. The van der Waals surface area contributed by atoms with Gasteiger partial charge in [0.2, 0.25) is 5.91 Å². The van der Waals surface area contributed by atoms with Crippen LogP contribution in [0, 0.1) is 0 Å². The van der Waals surface area contributed by atoms with Gasteiger partial charge in [-0.25, -0.2) is 0 Å². The Labute approximate surface area is 138 Å². The maximum absolute atomic E-state index is 12.1. The fourth-order valence-corrected chi connectivity index (χ4v) is 3.01. The van der Waals surface area contributed by atoms with E-state index in [2.05, 4.69) is 0 Å². The van der Waals surface area contributed by atoms with Gasteiger partial charge < -0.3 is 15.1 Å². The quantitative estimate of drug-likeness (QED) is 0.571. The molecule has 4 nitrogen and oxygen atoms in total. The summed E-state index contributed by atoms with van der Waals surface area (Å²) in [6, 6.07) is 9.97. The number of aliphatic hydroxyl groups excluding tert-OH is 2. The summed E-state index contributed by atoms with van der Waals surface area (Å²) in [5.41, 5.74) is 1.10. The predicted octanol–water partition coefficient (Wildman–Crippen LogP) is 2.30. The van der Waals surface area contributed by atoms with Crippen LogP contribution in [0.4, 0.5) is 0 Å². The number of hydrogen-bond donors (Lipinski definition) is 2. The number of aliphatic hydroxyl groups is 2. The third kappa shape index (κ3) is 5.81. The summed E-state index contributed by atoms with van der Waals surface area (Å²) >= 11 is 0. The summed E-state index contributed by atoms with van der Waals surface area (Å²) in [6.07, 6.45) is 7.83. The lowest BCUT2D eigenvalue weighted by Gasteiger charge is -2.34. The average molecular weight is 317 g/mol. The summed E-state index contributed by atoms with van der Waals surface area (Å²) in [6.45, 7) is 0.849. The van der Waals surface area contributed by atoms with Gasteiger partial charge in [-0.3, -0.25) is 4.79 Å². The lowest BCUT2D eigenvalue weighted by atomic mass is 9.99. The van der Waals surface area contributed by atoms with Crippen molar-refractivity contribution in [3.05, 3.63) is 48.0 Å². The Hall–Kier alpha value is -1.65. The molecule has 4 heteroatoms. The first-order valence-electron chi connectivity index (χ1n) is 8.51. The summed E-state index contributed by atoms with van der Waals surface area (Å²) in [7, 11) is 0. The van der Waals surface area contributed by atoms with Crippen LogP contribution in [0.15, 0.2) is 42.5 Å². The molecule has 1 saturated heterocycles. The molecular weight excluding hydrogens is 290 g/mol. The van der Waals surface area contributed by atoms with Gasteiger partial charge in [-0.15, -0.1) is 0 Å². The van der Waals surface area contributed by atoms with Gasteiger partial charge in [0.1, 0.15) is 0 Å². The maximum atomic E-state index is 12.1. The van der Waals surface area contributed by atoms with Gasteiger partial charge in [0.05, 0.1) is 12.1 Å². The van der Waals surface area contributed by atoms with Crippen LogP contribution in [0.5, 0.6) is 0 Å². The zero-order chi connectivity index (χ0) is 16.5. The van der Waals surface area contributed by atoms with Crippen molar-refractivity contribution < 1.29 is 15.0 Å². The Morgan fingerprint density at radius 3 is 2.78 bits per heavy atom. The Kier molecular flexibility index (Phi) is 7.30. The molecule has 2 rings (SSSR count). The second-order valence-electron chi connectivity index (χ2n) is 6.12. The molecule has 1 fully saturated rings. The lowest BCUT2D eigenvalue weighted by molar-refractivity contribution is -0.135. The van der Waals surface area contributed by atoms with E-state index in [1.807, 2.05) is 47.4 Å². The second-order valence-corrected chi connectivity index (χ2v) is 6.12. The van der Waals surface area contributed by atoms with Crippen LogP contribution in [-0.2, 0) is 11.2 Å². The Balaban J connectivity index is 1.90. The zero-order valence-electron chi connectivity index (χ0n) is 13.6. The van der Waals surface area contributed by atoms with Crippen molar-refractivity contribution in [1.29, 1.82) is 0 Å². The second kappa shape index (κ2) is 9.48. The first-order valence-corrected chi connectivity index (χ1v) is 8.51. The normalized spacial score (nSPS) is 20.2. The van der Waals surface area contributed by atoms with E-state index in [4.69, 9.17) is 5.11 Å². The topological polar surface area (TPSA) is 60.8 Å². The highest BCUT2D eigenvalue weighted by Gasteiger charge is 2.25. The number of hydrogen-bond acceptors (Lipinski definition) is 3. The van der Waals surface area contributed by atoms with E-state index in [9.17, 15) is 9.90 Å². The summed E-state index contributed by atoms with van der Waals surface area (Å²) in [4.78, 5) is 14.0. The van der Waals surface area contributed by atoms with E-state index in [-0.39, 0.29) is 18.6 Å². The highest BCUT2D eigenvalue weighted by atomic mass is 16.3. The fraction of sp³-hybridized carbons (Fsp3) is 0.526. The molecule has 1 aliphatic rings. The third-order valence-electron chi connectivity index (χ3n) is 4.26. The molecule has 1 heterocycles. The summed E-state index contributed by atoms with van der Waals surface area (Å²) in [5, 5.41) is 19.1. The van der Waals surface area contributed by atoms with Crippen molar-refractivity contribution >= 4 is 5.91 Å². The molecule has 126 valence electrons. The number of nitrogens with zero attached hydrogens (tertiary/aromatic N) is 1. The molecule has 0 saturated carbocycles. The summed E-state index contributed by atoms with van der Waals surface area (Å²) < 4.78 is 0. The molecular formula is C19H27NO3. The number of carbonyl (C=O) groups excluding carboxylic acids is 1. The van der Waals surface area contributed by atoms with E-state index in [1.165, 1.54) is 0 Å².